The van der Waals surface area contributed by atoms with Gasteiger partial charge in [0.1, 0.15) is 12.1 Å². The van der Waals surface area contributed by atoms with Crippen LogP contribution in [0.2, 0.25) is 0 Å². The molecule has 0 bridgehead atoms. The maximum absolute atomic E-state index is 12.7. The van der Waals surface area contributed by atoms with E-state index in [0.29, 0.717) is 40.1 Å². The molecular weight excluding hydrogens is 432 g/mol. The number of rotatable bonds is 7. The largest absolute Gasteiger partial charge is 0.398 e. The molecule has 4 aromatic rings. The Bertz CT molecular complexity index is 1430. The number of hydrogen-bond acceptors (Lipinski definition) is 7. The quantitative estimate of drug-likeness (QED) is 0.247. The molecule has 0 aliphatic carbocycles. The number of Topliss-reactive ketones (excluding diaryl/α,β-unsaturated/α-hetero) is 1. The lowest BCUT2D eigenvalue weighted by Crippen LogP contribution is -2.15. The van der Waals surface area contributed by atoms with Gasteiger partial charge in [0.05, 0.1) is 16.6 Å². The molecule has 4 rings (SSSR count). The summed E-state index contributed by atoms with van der Waals surface area (Å²) >= 11 is 0. The van der Waals surface area contributed by atoms with Crippen LogP contribution < -0.4 is 22.1 Å². The number of amides is 2. The number of para-hydroxylation sites is 1. The average molecular weight is 454 g/mol. The number of anilines is 3. The molecule has 1 heterocycles. The van der Waals surface area contributed by atoms with E-state index in [1.807, 2.05) is 24.3 Å². The van der Waals surface area contributed by atoms with E-state index < -0.39 is 5.91 Å². The first-order valence-electron chi connectivity index (χ1n) is 10.4. The number of aromatic nitrogens is 2. The summed E-state index contributed by atoms with van der Waals surface area (Å²) in [5, 5.41) is 6.74. The molecule has 1 aromatic heterocycles. The molecule has 0 fully saturated rings. The normalized spacial score (nSPS) is 10.6. The molecular formula is C25H22N6O3. The summed E-state index contributed by atoms with van der Waals surface area (Å²) in [4.78, 5) is 44.3. The second-order valence-electron chi connectivity index (χ2n) is 7.65. The highest BCUT2D eigenvalue weighted by Gasteiger charge is 2.13. The molecule has 0 saturated heterocycles. The van der Waals surface area contributed by atoms with Crippen molar-refractivity contribution in [2.24, 2.45) is 5.73 Å². The molecule has 0 aliphatic rings. The highest BCUT2D eigenvalue weighted by atomic mass is 16.2. The molecule has 2 amide bonds. The third-order valence-electron chi connectivity index (χ3n) is 5.28. The van der Waals surface area contributed by atoms with E-state index in [9.17, 15) is 14.4 Å². The number of nitrogens with two attached hydrogens (primary N) is 2. The zero-order valence-corrected chi connectivity index (χ0v) is 18.3. The van der Waals surface area contributed by atoms with E-state index in [0.717, 1.165) is 5.56 Å². The van der Waals surface area contributed by atoms with E-state index in [4.69, 9.17) is 11.5 Å². The third kappa shape index (κ3) is 4.68. The van der Waals surface area contributed by atoms with E-state index in [1.54, 1.807) is 24.3 Å². The van der Waals surface area contributed by atoms with Crippen LogP contribution in [0.5, 0.6) is 0 Å². The van der Waals surface area contributed by atoms with Crippen LogP contribution in [-0.4, -0.2) is 27.6 Å². The van der Waals surface area contributed by atoms with Crippen molar-refractivity contribution >= 4 is 45.7 Å². The summed E-state index contributed by atoms with van der Waals surface area (Å²) in [7, 11) is 0. The molecule has 6 N–H and O–H groups in total. The van der Waals surface area contributed by atoms with E-state index >= 15 is 0 Å². The van der Waals surface area contributed by atoms with E-state index in [2.05, 4.69) is 20.6 Å². The number of nitrogens with one attached hydrogen (secondary N) is 2. The molecule has 170 valence electrons. The lowest BCUT2D eigenvalue weighted by atomic mass is 10.1. The van der Waals surface area contributed by atoms with Crippen molar-refractivity contribution in [1.29, 1.82) is 0 Å². The molecule has 0 aliphatic heterocycles. The zero-order valence-electron chi connectivity index (χ0n) is 18.3. The van der Waals surface area contributed by atoms with E-state index in [-0.39, 0.29) is 22.9 Å². The SMILES string of the molecule is CC(=O)c1ccc(C(=O)Nc2cccc(CNc3ncnc4c(C(N)=O)cccc34)c2)c(N)c1. The van der Waals surface area contributed by atoms with Gasteiger partial charge >= 0.3 is 0 Å². The zero-order chi connectivity index (χ0) is 24.2. The topological polar surface area (TPSA) is 153 Å². The van der Waals surface area contributed by atoms with Crippen LogP contribution in [-0.2, 0) is 6.54 Å². The van der Waals surface area contributed by atoms with Gasteiger partial charge in [0.2, 0.25) is 0 Å². The minimum atomic E-state index is -0.560. The second-order valence-corrected chi connectivity index (χ2v) is 7.65. The predicted octanol–water partition coefficient (Wildman–Crippen LogP) is 3.38. The molecule has 34 heavy (non-hydrogen) atoms. The summed E-state index contributed by atoms with van der Waals surface area (Å²) in [6, 6.07) is 17.1. The highest BCUT2D eigenvalue weighted by Crippen LogP contribution is 2.23. The minimum Gasteiger partial charge on any atom is -0.398 e. The fourth-order valence-electron chi connectivity index (χ4n) is 3.56. The highest BCUT2D eigenvalue weighted by molar-refractivity contribution is 6.09. The van der Waals surface area contributed by atoms with Crippen molar-refractivity contribution < 1.29 is 14.4 Å². The predicted molar refractivity (Wildman–Crippen MR) is 131 cm³/mol. The van der Waals surface area contributed by atoms with Gasteiger partial charge in [-0.3, -0.25) is 14.4 Å². The molecule has 3 aromatic carbocycles. The summed E-state index contributed by atoms with van der Waals surface area (Å²) in [6.45, 7) is 1.85. The molecule has 9 nitrogen and oxygen atoms in total. The number of hydrogen-bond donors (Lipinski definition) is 4. The number of primary amides is 1. The Balaban J connectivity index is 1.50. The van der Waals surface area contributed by atoms with Crippen LogP contribution in [0.4, 0.5) is 17.2 Å². The van der Waals surface area contributed by atoms with Crippen molar-refractivity contribution in [3.8, 4) is 0 Å². The lowest BCUT2D eigenvalue weighted by Gasteiger charge is -2.12. The summed E-state index contributed by atoms with van der Waals surface area (Å²) in [5.41, 5.74) is 14.6. The fourth-order valence-corrected chi connectivity index (χ4v) is 3.56. The van der Waals surface area contributed by atoms with Gasteiger partial charge in [0.15, 0.2) is 5.78 Å². The van der Waals surface area contributed by atoms with Crippen LogP contribution in [0, 0.1) is 0 Å². The van der Waals surface area contributed by atoms with Gasteiger partial charge < -0.3 is 22.1 Å². The Labute approximate surface area is 195 Å². The molecule has 0 radical (unpaired) electrons. The summed E-state index contributed by atoms with van der Waals surface area (Å²) < 4.78 is 0. The van der Waals surface area contributed by atoms with Gasteiger partial charge in [-0.15, -0.1) is 0 Å². The van der Waals surface area contributed by atoms with Gasteiger partial charge in [0, 0.05) is 28.9 Å². The summed E-state index contributed by atoms with van der Waals surface area (Å²) in [6.07, 6.45) is 1.37. The Kier molecular flexibility index (Phi) is 6.18. The number of nitrogens with zero attached hydrogens (tertiary/aromatic N) is 2. The Hall–Kier alpha value is -4.79. The molecule has 0 atom stereocenters. The van der Waals surface area contributed by atoms with Crippen molar-refractivity contribution in [3.05, 3.63) is 89.2 Å². The van der Waals surface area contributed by atoms with Crippen molar-refractivity contribution in [3.63, 3.8) is 0 Å². The minimum absolute atomic E-state index is 0.124. The van der Waals surface area contributed by atoms with Gasteiger partial charge in [-0.25, -0.2) is 9.97 Å². The molecule has 9 heteroatoms. The number of ketones is 1. The molecule has 0 saturated carbocycles. The Morgan fingerprint density at radius 3 is 2.47 bits per heavy atom. The monoisotopic (exact) mass is 454 g/mol. The molecule has 0 unspecified atom stereocenters. The fraction of sp³-hybridized carbons (Fsp3) is 0.0800. The molecule has 0 spiro atoms. The maximum Gasteiger partial charge on any atom is 0.257 e. The lowest BCUT2D eigenvalue weighted by molar-refractivity contribution is 0.0997. The van der Waals surface area contributed by atoms with E-state index in [1.165, 1.54) is 25.4 Å². The first-order chi connectivity index (χ1) is 16.3. The Morgan fingerprint density at radius 2 is 1.74 bits per heavy atom. The van der Waals surface area contributed by atoms with Crippen molar-refractivity contribution in [2.75, 3.05) is 16.4 Å². The van der Waals surface area contributed by atoms with Gasteiger partial charge in [-0.1, -0.05) is 24.3 Å². The summed E-state index contributed by atoms with van der Waals surface area (Å²) in [5.74, 6) is -0.504. The first kappa shape index (κ1) is 22.4. The smallest absolute Gasteiger partial charge is 0.257 e. The number of benzene rings is 3. The maximum atomic E-state index is 12.7. The van der Waals surface area contributed by atoms with Crippen molar-refractivity contribution in [1.82, 2.24) is 9.97 Å². The van der Waals surface area contributed by atoms with Crippen LogP contribution in [0.3, 0.4) is 0 Å². The number of fused-ring (bicyclic) bond motifs is 1. The van der Waals surface area contributed by atoms with Crippen LogP contribution in [0.25, 0.3) is 10.9 Å². The van der Waals surface area contributed by atoms with Gasteiger partial charge in [0.25, 0.3) is 11.8 Å². The van der Waals surface area contributed by atoms with Crippen LogP contribution in [0.15, 0.2) is 67.0 Å². The van der Waals surface area contributed by atoms with Crippen LogP contribution in [0.1, 0.15) is 43.6 Å². The number of carbonyl (C=O) groups excluding carboxylic acids is 3. The van der Waals surface area contributed by atoms with Crippen LogP contribution >= 0.6 is 0 Å². The number of nitrogen functional groups attached to an aromatic ring is 1. The number of carbonyl (C=O) groups is 3. The van der Waals surface area contributed by atoms with Crippen molar-refractivity contribution in [2.45, 2.75) is 13.5 Å². The van der Waals surface area contributed by atoms with Gasteiger partial charge in [-0.05, 0) is 48.9 Å². The standard InChI is InChI=1S/C25H22N6O3/c1-14(32)16-8-9-18(21(26)11-16)25(34)31-17-5-2-4-15(10-17)12-28-24-20-7-3-6-19(23(27)33)22(20)29-13-30-24/h2-11,13H,12,26H2,1H3,(H2,27,33)(H,31,34)(H,28,29,30). The third-order valence-corrected chi connectivity index (χ3v) is 5.28. The van der Waals surface area contributed by atoms with Gasteiger partial charge in [-0.2, -0.15) is 0 Å². The second kappa shape index (κ2) is 9.37. The first-order valence-corrected chi connectivity index (χ1v) is 10.4. The average Bonchev–Trinajstić information content (AvgIpc) is 2.82. The Morgan fingerprint density at radius 1 is 0.941 bits per heavy atom.